The van der Waals surface area contributed by atoms with Gasteiger partial charge in [-0.3, -0.25) is 9.29 Å². The van der Waals surface area contributed by atoms with Crippen molar-refractivity contribution in [1.29, 1.82) is 0 Å². The first-order valence-corrected chi connectivity index (χ1v) is 11.6. The van der Waals surface area contributed by atoms with Crippen molar-refractivity contribution in [2.24, 2.45) is 5.92 Å². The number of likely N-dealkylation sites (tertiary alicyclic amines) is 1. The number of aryl methyl sites for hydroxylation is 1. The van der Waals surface area contributed by atoms with Gasteiger partial charge in [0, 0.05) is 55.0 Å². The standard InChI is InChI=1S/C28H29FN2O2/c1-20-26-4-2-3-5-27(26)31(28(20)23-8-10-24(32)11-9-23)19-21-6-12-25(13-7-21)33-15-14-30-17-22(16-29)18-30/h2-6,8,10,12,22,32H,7,13-19H2,1H3. The number of hydrogen-bond acceptors (Lipinski definition) is 3. The van der Waals surface area contributed by atoms with Crippen LogP contribution in [0.2, 0.25) is 0 Å². The predicted molar refractivity (Wildman–Crippen MR) is 130 cm³/mol. The molecule has 5 heteroatoms. The molecule has 1 N–H and O–H groups in total. The topological polar surface area (TPSA) is 37.6 Å². The molecule has 0 atom stereocenters. The highest BCUT2D eigenvalue weighted by Crippen LogP contribution is 2.33. The highest BCUT2D eigenvalue weighted by Gasteiger charge is 2.26. The van der Waals surface area contributed by atoms with Crippen LogP contribution in [0.15, 0.2) is 77.1 Å². The van der Waals surface area contributed by atoms with Gasteiger partial charge in [0.15, 0.2) is 5.76 Å². The zero-order valence-electron chi connectivity index (χ0n) is 19.0. The molecule has 1 saturated heterocycles. The number of ether oxygens (including phenoxy) is 1. The minimum atomic E-state index is -0.211. The fourth-order valence-corrected chi connectivity index (χ4v) is 4.88. The molecule has 0 spiro atoms. The SMILES string of the molecule is Cc1c(C2=C=C=C(O)C=C2)n(CC2=CC=C(OCCN3CC(CF)C3)CC2)c2ccccc12. The van der Waals surface area contributed by atoms with Crippen LogP contribution in [0.1, 0.15) is 24.1 Å². The maximum atomic E-state index is 12.6. The van der Waals surface area contributed by atoms with E-state index in [4.69, 9.17) is 4.74 Å². The fourth-order valence-electron chi connectivity index (χ4n) is 4.88. The van der Waals surface area contributed by atoms with Crippen molar-refractivity contribution < 1.29 is 14.2 Å². The largest absolute Gasteiger partial charge is 0.501 e. The Hall–Kier alpha value is -3.23. The monoisotopic (exact) mass is 444 g/mol. The summed E-state index contributed by atoms with van der Waals surface area (Å²) < 4.78 is 20.9. The molecule has 0 unspecified atom stereocenters. The maximum absolute atomic E-state index is 12.6. The summed E-state index contributed by atoms with van der Waals surface area (Å²) in [6, 6.07) is 8.46. The van der Waals surface area contributed by atoms with E-state index in [0.29, 0.717) is 6.61 Å². The van der Waals surface area contributed by atoms with Gasteiger partial charge in [0.1, 0.15) is 6.61 Å². The third kappa shape index (κ3) is 4.49. The predicted octanol–water partition coefficient (Wildman–Crippen LogP) is 5.62. The summed E-state index contributed by atoms with van der Waals surface area (Å²) in [5.41, 5.74) is 11.7. The van der Waals surface area contributed by atoms with Crippen LogP contribution in [0.5, 0.6) is 0 Å². The number of fused-ring (bicyclic) bond motifs is 1. The third-order valence-corrected chi connectivity index (χ3v) is 6.72. The van der Waals surface area contributed by atoms with E-state index in [1.807, 2.05) is 6.08 Å². The van der Waals surface area contributed by atoms with Crippen LogP contribution in [0.4, 0.5) is 4.39 Å². The maximum Gasteiger partial charge on any atom is 0.167 e. The molecule has 2 heterocycles. The summed E-state index contributed by atoms with van der Waals surface area (Å²) in [6.07, 6.45) is 9.69. The van der Waals surface area contributed by atoms with Crippen LogP contribution in [-0.2, 0) is 11.3 Å². The average molecular weight is 445 g/mol. The fraction of sp³-hybridized carbons (Fsp3) is 0.357. The molecule has 0 radical (unpaired) electrons. The van der Waals surface area contributed by atoms with Crippen molar-refractivity contribution in [2.75, 3.05) is 32.9 Å². The van der Waals surface area contributed by atoms with E-state index in [-0.39, 0.29) is 18.4 Å². The number of para-hydroxylation sites is 1. The molecular weight excluding hydrogens is 415 g/mol. The first-order valence-electron chi connectivity index (χ1n) is 11.6. The number of nitrogens with zero attached hydrogens (tertiary/aromatic N) is 2. The highest BCUT2D eigenvalue weighted by molar-refractivity contribution is 5.92. The molecule has 3 aliphatic rings. The molecule has 0 saturated carbocycles. The number of allylic oxidation sites excluding steroid dienone is 7. The summed E-state index contributed by atoms with van der Waals surface area (Å²) in [6.45, 7) is 5.95. The van der Waals surface area contributed by atoms with E-state index in [0.717, 1.165) is 56.0 Å². The normalized spacial score (nSPS) is 18.6. The summed E-state index contributed by atoms with van der Waals surface area (Å²) in [5, 5.41) is 10.9. The molecule has 5 rings (SSSR count). The Kier molecular flexibility index (Phi) is 6.11. The lowest BCUT2D eigenvalue weighted by Crippen LogP contribution is -2.48. The Morgan fingerprint density at radius 2 is 1.97 bits per heavy atom. The van der Waals surface area contributed by atoms with Gasteiger partial charge in [-0.1, -0.05) is 30.0 Å². The molecule has 1 fully saturated rings. The molecule has 1 aliphatic heterocycles. The van der Waals surface area contributed by atoms with Crippen molar-refractivity contribution in [2.45, 2.75) is 26.3 Å². The summed E-state index contributed by atoms with van der Waals surface area (Å²) >= 11 is 0. The van der Waals surface area contributed by atoms with Crippen LogP contribution < -0.4 is 0 Å². The number of aromatic nitrogens is 1. The van der Waals surface area contributed by atoms with Gasteiger partial charge in [0.25, 0.3) is 0 Å². The molecule has 1 aromatic carbocycles. The van der Waals surface area contributed by atoms with Gasteiger partial charge in [-0.2, -0.15) is 0 Å². The van der Waals surface area contributed by atoms with Gasteiger partial charge in [-0.05, 0) is 54.5 Å². The second-order valence-electron chi connectivity index (χ2n) is 9.05. The first kappa shape index (κ1) is 21.6. The van der Waals surface area contributed by atoms with Crippen LogP contribution in [-0.4, -0.2) is 47.5 Å². The van der Waals surface area contributed by atoms with Gasteiger partial charge in [0.05, 0.1) is 18.1 Å². The summed E-state index contributed by atoms with van der Waals surface area (Å²) in [4.78, 5) is 2.24. The molecule has 2 aromatic rings. The quantitative estimate of drug-likeness (QED) is 0.537. The van der Waals surface area contributed by atoms with E-state index in [1.165, 1.54) is 22.0 Å². The zero-order valence-corrected chi connectivity index (χ0v) is 19.0. The number of aliphatic hydroxyl groups excluding tert-OH is 1. The van der Waals surface area contributed by atoms with Crippen LogP contribution in [0.3, 0.4) is 0 Å². The first-order chi connectivity index (χ1) is 16.1. The van der Waals surface area contributed by atoms with Crippen molar-refractivity contribution in [1.82, 2.24) is 9.47 Å². The zero-order chi connectivity index (χ0) is 22.8. The lowest BCUT2D eigenvalue weighted by molar-refractivity contribution is 0.0538. The Morgan fingerprint density at radius 3 is 2.70 bits per heavy atom. The Morgan fingerprint density at radius 1 is 1.12 bits per heavy atom. The molecule has 33 heavy (non-hydrogen) atoms. The highest BCUT2D eigenvalue weighted by atomic mass is 19.1. The van der Waals surface area contributed by atoms with E-state index in [1.54, 1.807) is 6.08 Å². The molecule has 170 valence electrons. The molecular formula is C28H29FN2O2. The van der Waals surface area contributed by atoms with E-state index in [9.17, 15) is 9.50 Å². The van der Waals surface area contributed by atoms with Crippen molar-refractivity contribution >= 4 is 16.5 Å². The van der Waals surface area contributed by atoms with Gasteiger partial charge in [0.2, 0.25) is 0 Å². The van der Waals surface area contributed by atoms with Crippen LogP contribution in [0, 0.1) is 12.8 Å². The Balaban J connectivity index is 1.33. The Labute approximate surface area is 194 Å². The van der Waals surface area contributed by atoms with E-state index in [2.05, 4.69) is 64.3 Å². The third-order valence-electron chi connectivity index (χ3n) is 6.72. The Bertz CT molecular complexity index is 1260. The van der Waals surface area contributed by atoms with Crippen LogP contribution >= 0.6 is 0 Å². The van der Waals surface area contributed by atoms with Crippen molar-refractivity contribution in [3.05, 3.63) is 88.4 Å². The number of rotatable bonds is 8. The number of benzene rings is 1. The second-order valence-corrected chi connectivity index (χ2v) is 9.05. The minimum absolute atomic E-state index is 0.100. The summed E-state index contributed by atoms with van der Waals surface area (Å²) in [5.74, 6) is 1.35. The lowest BCUT2D eigenvalue weighted by Gasteiger charge is -2.37. The number of aliphatic hydroxyl groups is 1. The second kappa shape index (κ2) is 9.33. The minimum Gasteiger partial charge on any atom is -0.501 e. The van der Waals surface area contributed by atoms with Crippen molar-refractivity contribution in [3.63, 3.8) is 0 Å². The van der Waals surface area contributed by atoms with Gasteiger partial charge < -0.3 is 14.4 Å². The lowest BCUT2D eigenvalue weighted by atomic mass is 10.0. The molecule has 4 nitrogen and oxygen atoms in total. The van der Waals surface area contributed by atoms with Crippen molar-refractivity contribution in [3.8, 4) is 0 Å². The van der Waals surface area contributed by atoms with E-state index < -0.39 is 0 Å². The van der Waals surface area contributed by atoms with E-state index >= 15 is 0 Å². The molecule has 2 aliphatic carbocycles. The molecule has 0 bridgehead atoms. The summed E-state index contributed by atoms with van der Waals surface area (Å²) in [7, 11) is 0. The van der Waals surface area contributed by atoms with Gasteiger partial charge >= 0.3 is 0 Å². The molecule has 1 aromatic heterocycles. The van der Waals surface area contributed by atoms with Gasteiger partial charge in [-0.25, -0.2) is 0 Å². The molecule has 0 amide bonds. The number of hydrogen-bond donors (Lipinski definition) is 1. The van der Waals surface area contributed by atoms with Crippen LogP contribution in [0.25, 0.3) is 16.5 Å². The number of halogens is 1. The number of alkyl halides is 1. The van der Waals surface area contributed by atoms with Gasteiger partial charge in [-0.15, -0.1) is 0 Å². The average Bonchev–Trinajstić information content (AvgIpc) is 3.09. The smallest absolute Gasteiger partial charge is 0.167 e.